The summed E-state index contributed by atoms with van der Waals surface area (Å²) in [5.74, 6) is -1.08. The number of thiophene rings is 1. The first kappa shape index (κ1) is 30.3. The number of fused-ring (bicyclic) bond motifs is 5. The monoisotopic (exact) mass is 687 g/mol. The quantitative estimate of drug-likeness (QED) is 0.182. The van der Waals surface area contributed by atoms with Gasteiger partial charge in [0.25, 0.3) is 11.8 Å². The van der Waals surface area contributed by atoms with Crippen LogP contribution >= 0.6 is 11.3 Å². The zero-order valence-electron chi connectivity index (χ0n) is 26.4. The average molecular weight is 688 g/mol. The number of nitrogens with one attached hydrogen (secondary N) is 2. The number of aryl methyl sites for hydroxylation is 3. The summed E-state index contributed by atoms with van der Waals surface area (Å²) in [5.41, 5.74) is 5.54. The van der Waals surface area contributed by atoms with Crippen molar-refractivity contribution in [3.63, 3.8) is 0 Å². The summed E-state index contributed by atoms with van der Waals surface area (Å²) in [6.45, 7) is 0.626. The minimum absolute atomic E-state index is 0.0320. The van der Waals surface area contributed by atoms with Gasteiger partial charge in [-0.1, -0.05) is 12.1 Å². The van der Waals surface area contributed by atoms with Crippen molar-refractivity contribution >= 4 is 33.1 Å². The number of anilines is 1. The number of halogens is 2. The van der Waals surface area contributed by atoms with E-state index in [1.165, 1.54) is 29.5 Å². The molecule has 0 spiro atoms. The number of hydrogen-bond donors (Lipinski definition) is 2. The van der Waals surface area contributed by atoms with Crippen LogP contribution in [0.2, 0.25) is 0 Å². The van der Waals surface area contributed by atoms with E-state index in [-0.39, 0.29) is 35.3 Å². The van der Waals surface area contributed by atoms with E-state index in [9.17, 15) is 23.6 Å². The lowest BCUT2D eigenvalue weighted by Crippen LogP contribution is -2.22. The van der Waals surface area contributed by atoms with Crippen LogP contribution in [0.5, 0.6) is 0 Å². The van der Waals surface area contributed by atoms with Gasteiger partial charge in [-0.15, -0.1) is 16.4 Å². The molecule has 3 aliphatic rings. The van der Waals surface area contributed by atoms with Crippen molar-refractivity contribution < 1.29 is 18.0 Å². The summed E-state index contributed by atoms with van der Waals surface area (Å²) < 4.78 is 34.8. The highest BCUT2D eigenvalue weighted by Gasteiger charge is 2.45. The minimum atomic E-state index is -0.731. The Hall–Kier alpha value is -5.74. The van der Waals surface area contributed by atoms with Crippen LogP contribution < -0.4 is 11.1 Å². The summed E-state index contributed by atoms with van der Waals surface area (Å²) >= 11 is 1.45. The molecule has 1 saturated heterocycles. The van der Waals surface area contributed by atoms with Crippen LogP contribution in [-0.2, 0) is 19.3 Å². The molecular formula is C37H27F2N7O3S. The van der Waals surface area contributed by atoms with E-state index < -0.39 is 11.6 Å². The average Bonchev–Trinajstić information content (AvgIpc) is 3.96. The first-order valence-electron chi connectivity index (χ1n) is 16.4. The van der Waals surface area contributed by atoms with E-state index in [4.69, 9.17) is 9.40 Å². The SMILES string of the molecule is N#Cc1cc2c(cc1F)[C@@H](Nc1nccc3cc(-c4c5c(nc(CCc6ccc(F)cc6)c4-c4n[nH]c(=O)o4)[C@H]4CCCN4C5=O)sc13)CC2. The highest BCUT2D eigenvalue weighted by atomic mass is 32.1. The minimum Gasteiger partial charge on any atom is -0.388 e. The Morgan fingerprint density at radius 1 is 1.06 bits per heavy atom. The van der Waals surface area contributed by atoms with Crippen molar-refractivity contribution in [3.8, 4) is 28.0 Å². The number of hydrogen-bond acceptors (Lipinski definition) is 9. The normalized spacial score (nSPS) is 17.6. The number of rotatable bonds is 7. The maximum Gasteiger partial charge on any atom is 0.434 e. The number of nitriles is 1. The van der Waals surface area contributed by atoms with E-state index in [1.807, 2.05) is 23.1 Å². The lowest BCUT2D eigenvalue weighted by Gasteiger charge is -2.16. The molecule has 248 valence electrons. The Bertz CT molecular complexity index is 2460. The molecule has 0 radical (unpaired) electrons. The number of carbonyl (C=O) groups is 1. The third-order valence-corrected chi connectivity index (χ3v) is 11.2. The Morgan fingerprint density at radius 3 is 2.72 bits per heavy atom. The van der Waals surface area contributed by atoms with Crippen molar-refractivity contribution in [3.05, 3.63) is 116 Å². The molecule has 1 fully saturated rings. The third-order valence-electron chi connectivity index (χ3n) is 9.98. The number of aromatic nitrogens is 4. The molecule has 50 heavy (non-hydrogen) atoms. The summed E-state index contributed by atoms with van der Waals surface area (Å²) in [6.07, 6.45) is 5.74. The highest BCUT2D eigenvalue weighted by Crippen LogP contribution is 2.50. The second kappa shape index (κ2) is 11.7. The van der Waals surface area contributed by atoms with Gasteiger partial charge in [-0.25, -0.2) is 23.7 Å². The van der Waals surface area contributed by atoms with Gasteiger partial charge < -0.3 is 14.6 Å². The molecule has 4 aromatic heterocycles. The fourth-order valence-electron chi connectivity index (χ4n) is 7.68. The maximum absolute atomic E-state index is 14.7. The molecule has 2 aliphatic heterocycles. The number of aromatic amines is 1. The van der Waals surface area contributed by atoms with E-state index in [0.29, 0.717) is 66.1 Å². The highest BCUT2D eigenvalue weighted by molar-refractivity contribution is 7.23. The standard InChI is InChI=1S/C37H27F2N7O3S/c38-22-7-3-18(4-8-22)5-9-26-29(35-44-45-37(48)49-35)30(31-32(42-26)27-2-1-13-46(27)36(31)47)28-15-20-11-12-41-34(33(20)50-28)43-25-10-6-19-14-21(17-40)24(39)16-23(19)25/h3-4,7-8,11-12,14-16,25,27H,1-2,5-6,9-10,13H2,(H,41,43)(H,45,48)/t25-,27+/m0/s1. The summed E-state index contributed by atoms with van der Waals surface area (Å²) in [5, 5.41) is 20.3. The zero-order chi connectivity index (χ0) is 34.1. The third kappa shape index (κ3) is 4.89. The molecule has 10 nitrogen and oxygen atoms in total. The molecule has 0 saturated carbocycles. The Labute approximate surface area is 287 Å². The predicted octanol–water partition coefficient (Wildman–Crippen LogP) is 7.03. The van der Waals surface area contributed by atoms with Crippen molar-refractivity contribution in [1.29, 1.82) is 5.26 Å². The number of carbonyl (C=O) groups excluding carboxylic acids is 1. The zero-order valence-corrected chi connectivity index (χ0v) is 27.2. The molecule has 0 unspecified atom stereocenters. The second-order valence-corrected chi connectivity index (χ2v) is 13.9. The maximum atomic E-state index is 14.7. The van der Waals surface area contributed by atoms with Gasteiger partial charge in [-0.05, 0) is 97.0 Å². The molecule has 2 atom stereocenters. The number of amides is 1. The molecule has 6 aromatic rings. The fraction of sp³-hybridized carbons (Fsp3) is 0.243. The van der Waals surface area contributed by atoms with Crippen molar-refractivity contribution in [1.82, 2.24) is 25.1 Å². The van der Waals surface area contributed by atoms with E-state index in [1.54, 1.807) is 24.4 Å². The van der Waals surface area contributed by atoms with Gasteiger partial charge in [0.1, 0.15) is 23.5 Å². The first-order chi connectivity index (χ1) is 24.4. The number of pyridine rings is 2. The molecule has 1 aliphatic carbocycles. The molecule has 0 bridgehead atoms. The lowest BCUT2D eigenvalue weighted by atomic mass is 9.93. The van der Waals surface area contributed by atoms with Crippen LogP contribution in [0, 0.1) is 23.0 Å². The number of H-pyrrole nitrogens is 1. The van der Waals surface area contributed by atoms with Crippen molar-refractivity contribution in [2.75, 3.05) is 11.9 Å². The molecule has 13 heteroatoms. The van der Waals surface area contributed by atoms with Crippen LogP contribution in [0.25, 0.3) is 32.0 Å². The second-order valence-electron chi connectivity index (χ2n) is 12.8. The van der Waals surface area contributed by atoms with Gasteiger partial charge in [-0.3, -0.25) is 9.78 Å². The van der Waals surface area contributed by atoms with Gasteiger partial charge in [0.2, 0.25) is 0 Å². The van der Waals surface area contributed by atoms with Crippen LogP contribution in [0.1, 0.15) is 75.3 Å². The topological polar surface area (TPSA) is 141 Å². The molecule has 2 N–H and O–H groups in total. The van der Waals surface area contributed by atoms with Crippen LogP contribution in [0.3, 0.4) is 0 Å². The fourth-order valence-corrected chi connectivity index (χ4v) is 8.84. The van der Waals surface area contributed by atoms with Crippen molar-refractivity contribution in [2.24, 2.45) is 0 Å². The molecular weight excluding hydrogens is 661 g/mol. The van der Waals surface area contributed by atoms with Gasteiger partial charge in [0.15, 0.2) is 0 Å². The molecule has 6 heterocycles. The summed E-state index contributed by atoms with van der Waals surface area (Å²) in [4.78, 5) is 38.9. The molecule has 1 amide bonds. The Kier molecular flexibility index (Phi) is 7.10. The number of benzene rings is 2. The first-order valence-corrected chi connectivity index (χ1v) is 17.2. The van der Waals surface area contributed by atoms with Crippen molar-refractivity contribution in [2.45, 2.75) is 50.6 Å². The van der Waals surface area contributed by atoms with Crippen LogP contribution in [0.4, 0.5) is 14.6 Å². The largest absolute Gasteiger partial charge is 0.434 e. The van der Waals surface area contributed by atoms with Crippen LogP contribution in [-0.4, -0.2) is 37.5 Å². The predicted molar refractivity (Wildman–Crippen MR) is 182 cm³/mol. The van der Waals surface area contributed by atoms with Gasteiger partial charge in [0, 0.05) is 23.2 Å². The van der Waals surface area contributed by atoms with Crippen LogP contribution in [0.15, 0.2) is 63.9 Å². The van der Waals surface area contributed by atoms with E-state index >= 15 is 0 Å². The van der Waals surface area contributed by atoms with E-state index in [0.717, 1.165) is 44.5 Å². The summed E-state index contributed by atoms with van der Waals surface area (Å²) in [7, 11) is 0. The number of nitrogens with zero attached hydrogens (tertiary/aromatic N) is 5. The lowest BCUT2D eigenvalue weighted by molar-refractivity contribution is 0.0776. The Balaban J connectivity index is 1.20. The smallest absolute Gasteiger partial charge is 0.388 e. The Morgan fingerprint density at radius 2 is 1.92 bits per heavy atom. The van der Waals surface area contributed by atoms with Gasteiger partial charge >= 0.3 is 5.76 Å². The van der Waals surface area contributed by atoms with E-state index in [2.05, 4.69) is 20.5 Å². The van der Waals surface area contributed by atoms with Gasteiger partial charge in [-0.2, -0.15) is 5.26 Å². The van der Waals surface area contributed by atoms with Gasteiger partial charge in [0.05, 0.1) is 44.9 Å². The molecule has 9 rings (SSSR count). The summed E-state index contributed by atoms with van der Waals surface area (Å²) in [6, 6.07) is 14.8. The molecule has 2 aromatic carbocycles.